The second kappa shape index (κ2) is 2.84. The van der Waals surface area contributed by atoms with Crippen LogP contribution >= 0.6 is 0 Å². The first-order valence-corrected chi connectivity index (χ1v) is 3.39. The monoisotopic (exact) mass is 140 g/mol. The van der Waals surface area contributed by atoms with E-state index in [0.717, 1.165) is 11.4 Å². The van der Waals surface area contributed by atoms with Crippen molar-refractivity contribution in [1.82, 2.24) is 10.2 Å². The highest BCUT2D eigenvalue weighted by atomic mass is 16.3. The van der Waals surface area contributed by atoms with Crippen molar-refractivity contribution >= 4 is 0 Å². The molecule has 10 heavy (non-hydrogen) atoms. The molecule has 1 aromatic heterocycles. The van der Waals surface area contributed by atoms with Gasteiger partial charge in [-0.2, -0.15) is 5.10 Å². The molecular formula is C7H12N2O. The van der Waals surface area contributed by atoms with E-state index in [9.17, 15) is 0 Å². The highest BCUT2D eigenvalue weighted by Gasteiger charge is 2.02. The normalized spacial score (nSPS) is 10.8. The molecule has 1 rings (SSSR count). The number of H-pyrrole nitrogens is 1. The molecule has 0 spiro atoms. The van der Waals surface area contributed by atoms with E-state index in [-0.39, 0.29) is 6.61 Å². The molecule has 0 amide bonds. The summed E-state index contributed by atoms with van der Waals surface area (Å²) >= 11 is 0. The Kier molecular flexibility index (Phi) is 2.06. The van der Waals surface area contributed by atoms with Crippen molar-refractivity contribution in [1.29, 1.82) is 0 Å². The van der Waals surface area contributed by atoms with Gasteiger partial charge < -0.3 is 5.11 Å². The molecule has 0 radical (unpaired) electrons. The van der Waals surface area contributed by atoms with Crippen LogP contribution in [0.4, 0.5) is 0 Å². The molecule has 0 aliphatic rings. The van der Waals surface area contributed by atoms with Gasteiger partial charge in [-0.15, -0.1) is 0 Å². The van der Waals surface area contributed by atoms with Gasteiger partial charge in [-0.3, -0.25) is 5.10 Å². The van der Waals surface area contributed by atoms with Crippen molar-refractivity contribution in [2.45, 2.75) is 26.4 Å². The Bertz CT molecular complexity index is 205. The molecule has 1 aromatic rings. The van der Waals surface area contributed by atoms with Crippen LogP contribution in [0, 0.1) is 0 Å². The maximum absolute atomic E-state index is 8.66. The number of aromatic amines is 1. The third kappa shape index (κ3) is 1.36. The molecule has 0 aliphatic carbocycles. The van der Waals surface area contributed by atoms with Crippen LogP contribution in [0.5, 0.6) is 0 Å². The van der Waals surface area contributed by atoms with E-state index in [4.69, 9.17) is 5.11 Å². The van der Waals surface area contributed by atoms with Crippen LogP contribution < -0.4 is 0 Å². The lowest BCUT2D eigenvalue weighted by Gasteiger charge is -1.94. The summed E-state index contributed by atoms with van der Waals surface area (Å²) in [7, 11) is 0. The molecule has 0 fully saturated rings. The summed E-state index contributed by atoms with van der Waals surface area (Å²) < 4.78 is 0. The zero-order chi connectivity index (χ0) is 7.56. The van der Waals surface area contributed by atoms with Crippen molar-refractivity contribution in [3.63, 3.8) is 0 Å². The molecular weight excluding hydrogens is 128 g/mol. The predicted molar refractivity (Wildman–Crippen MR) is 38.6 cm³/mol. The molecule has 0 bridgehead atoms. The minimum atomic E-state index is 0.0414. The Morgan fingerprint density at radius 3 is 2.70 bits per heavy atom. The molecule has 0 saturated heterocycles. The smallest absolute Gasteiger partial charge is 0.0847 e. The third-order valence-electron chi connectivity index (χ3n) is 1.41. The van der Waals surface area contributed by atoms with Crippen LogP contribution in [0.1, 0.15) is 31.2 Å². The fourth-order valence-corrected chi connectivity index (χ4v) is 0.756. The van der Waals surface area contributed by atoms with E-state index >= 15 is 0 Å². The van der Waals surface area contributed by atoms with Gasteiger partial charge in [-0.05, 0) is 12.0 Å². The number of nitrogens with zero attached hydrogens (tertiary/aromatic N) is 1. The Morgan fingerprint density at radius 2 is 2.40 bits per heavy atom. The zero-order valence-corrected chi connectivity index (χ0v) is 6.26. The van der Waals surface area contributed by atoms with Gasteiger partial charge in [-0.25, -0.2) is 0 Å². The summed E-state index contributed by atoms with van der Waals surface area (Å²) in [6, 6.07) is 1.88. The van der Waals surface area contributed by atoms with Gasteiger partial charge in [0.05, 0.1) is 18.0 Å². The van der Waals surface area contributed by atoms with E-state index in [1.165, 1.54) is 0 Å². The first kappa shape index (κ1) is 7.28. The molecule has 3 nitrogen and oxygen atoms in total. The second-order valence-corrected chi connectivity index (χ2v) is 2.63. The molecule has 56 valence electrons. The Labute approximate surface area is 60.1 Å². The number of aliphatic hydroxyl groups excluding tert-OH is 1. The van der Waals surface area contributed by atoms with Gasteiger partial charge in [0.1, 0.15) is 0 Å². The number of aliphatic hydroxyl groups is 1. The van der Waals surface area contributed by atoms with Crippen LogP contribution in [-0.2, 0) is 6.61 Å². The van der Waals surface area contributed by atoms with E-state index in [2.05, 4.69) is 24.0 Å². The molecule has 0 aliphatic heterocycles. The molecule has 1 heterocycles. The SMILES string of the molecule is CC(C)c1cc(CO)[nH]n1. The van der Waals surface area contributed by atoms with Gasteiger partial charge in [0, 0.05) is 0 Å². The van der Waals surface area contributed by atoms with Crippen molar-refractivity contribution < 1.29 is 5.11 Å². The van der Waals surface area contributed by atoms with Crippen LogP contribution in [-0.4, -0.2) is 15.3 Å². The summed E-state index contributed by atoms with van der Waals surface area (Å²) in [6.45, 7) is 4.17. The summed E-state index contributed by atoms with van der Waals surface area (Å²) in [4.78, 5) is 0. The van der Waals surface area contributed by atoms with Crippen LogP contribution in [0.25, 0.3) is 0 Å². The quantitative estimate of drug-likeness (QED) is 0.644. The van der Waals surface area contributed by atoms with E-state index in [1.54, 1.807) is 0 Å². The second-order valence-electron chi connectivity index (χ2n) is 2.63. The number of hydrogen-bond donors (Lipinski definition) is 2. The molecule has 0 aromatic carbocycles. The highest BCUT2D eigenvalue weighted by molar-refractivity contribution is 5.10. The molecule has 0 atom stereocenters. The first-order valence-electron chi connectivity index (χ1n) is 3.39. The van der Waals surface area contributed by atoms with Crippen molar-refractivity contribution in [2.24, 2.45) is 0 Å². The standard InChI is InChI=1S/C7H12N2O/c1-5(2)7-3-6(4-10)8-9-7/h3,5,10H,4H2,1-2H3,(H,8,9). The molecule has 0 saturated carbocycles. The van der Waals surface area contributed by atoms with Gasteiger partial charge >= 0.3 is 0 Å². The maximum Gasteiger partial charge on any atom is 0.0847 e. The molecule has 3 heteroatoms. The zero-order valence-electron chi connectivity index (χ0n) is 6.26. The van der Waals surface area contributed by atoms with E-state index in [0.29, 0.717) is 5.92 Å². The Morgan fingerprint density at radius 1 is 1.70 bits per heavy atom. The topological polar surface area (TPSA) is 48.9 Å². The minimum Gasteiger partial charge on any atom is -0.390 e. The van der Waals surface area contributed by atoms with E-state index < -0.39 is 0 Å². The molecule has 0 unspecified atom stereocenters. The van der Waals surface area contributed by atoms with Crippen molar-refractivity contribution in [3.8, 4) is 0 Å². The van der Waals surface area contributed by atoms with Gasteiger partial charge in [-0.1, -0.05) is 13.8 Å². The number of aromatic nitrogens is 2. The van der Waals surface area contributed by atoms with Gasteiger partial charge in [0.25, 0.3) is 0 Å². The van der Waals surface area contributed by atoms with Crippen LogP contribution in [0.3, 0.4) is 0 Å². The van der Waals surface area contributed by atoms with Crippen molar-refractivity contribution in [2.75, 3.05) is 0 Å². The van der Waals surface area contributed by atoms with Gasteiger partial charge in [0.15, 0.2) is 0 Å². The first-order chi connectivity index (χ1) is 4.74. The van der Waals surface area contributed by atoms with Crippen LogP contribution in [0.2, 0.25) is 0 Å². The van der Waals surface area contributed by atoms with Crippen molar-refractivity contribution in [3.05, 3.63) is 17.5 Å². The minimum absolute atomic E-state index is 0.0414. The summed E-state index contributed by atoms with van der Waals surface area (Å²) in [6.07, 6.45) is 0. The summed E-state index contributed by atoms with van der Waals surface area (Å²) in [5.41, 5.74) is 1.78. The number of rotatable bonds is 2. The van der Waals surface area contributed by atoms with Crippen LogP contribution in [0.15, 0.2) is 6.07 Å². The number of nitrogens with one attached hydrogen (secondary N) is 1. The third-order valence-corrected chi connectivity index (χ3v) is 1.41. The predicted octanol–water partition coefficient (Wildman–Crippen LogP) is 1.03. The number of hydrogen-bond acceptors (Lipinski definition) is 2. The fourth-order valence-electron chi connectivity index (χ4n) is 0.756. The fraction of sp³-hybridized carbons (Fsp3) is 0.571. The lowest BCUT2D eigenvalue weighted by Crippen LogP contribution is -1.85. The maximum atomic E-state index is 8.66. The average Bonchev–Trinajstić information content (AvgIpc) is 2.34. The lowest BCUT2D eigenvalue weighted by molar-refractivity contribution is 0.276. The summed E-state index contributed by atoms with van der Waals surface area (Å²) in [5, 5.41) is 15.4. The van der Waals surface area contributed by atoms with E-state index in [1.807, 2.05) is 6.07 Å². The Hall–Kier alpha value is -0.830. The van der Waals surface area contributed by atoms with Gasteiger partial charge in [0.2, 0.25) is 0 Å². The Balaban J connectivity index is 2.78. The lowest BCUT2D eigenvalue weighted by atomic mass is 10.1. The molecule has 2 N–H and O–H groups in total. The average molecular weight is 140 g/mol. The summed E-state index contributed by atoms with van der Waals surface area (Å²) in [5.74, 6) is 0.427. The highest BCUT2D eigenvalue weighted by Crippen LogP contribution is 2.11. The largest absolute Gasteiger partial charge is 0.390 e.